The molecule has 0 aliphatic carbocycles. The van der Waals surface area contributed by atoms with Gasteiger partial charge < -0.3 is 14.7 Å². The van der Waals surface area contributed by atoms with E-state index in [1.807, 2.05) is 112 Å². The summed E-state index contributed by atoms with van der Waals surface area (Å²) < 4.78 is 21.8. The van der Waals surface area contributed by atoms with Crippen LogP contribution in [0.3, 0.4) is 0 Å². The summed E-state index contributed by atoms with van der Waals surface area (Å²) in [4.78, 5) is 2.02. The lowest BCUT2D eigenvalue weighted by Crippen LogP contribution is -2.22. The number of para-hydroxylation sites is 1. The van der Waals surface area contributed by atoms with Crippen LogP contribution in [0.15, 0.2) is 83.3 Å². The first-order chi connectivity index (χ1) is 14.3. The molecular weight excluding hydrogens is 459 g/mol. The van der Waals surface area contributed by atoms with E-state index in [9.17, 15) is 4.57 Å². The first-order valence-electron chi connectivity index (χ1n) is 9.93. The van der Waals surface area contributed by atoms with Gasteiger partial charge in [0.25, 0.3) is 7.37 Å². The first-order valence-corrected chi connectivity index (χ1v) is 12.4. The Bertz CT molecular complexity index is 990. The van der Waals surface area contributed by atoms with E-state index >= 15 is 0 Å². The molecular formula is C24H28BrN2O2P. The third-order valence-corrected chi connectivity index (χ3v) is 8.08. The summed E-state index contributed by atoms with van der Waals surface area (Å²) in [7, 11) is 0.638. The molecule has 0 aliphatic rings. The largest absolute Gasteiger partial charge is 0.378 e. The van der Waals surface area contributed by atoms with Gasteiger partial charge in [0.05, 0.1) is 6.10 Å². The average molecular weight is 487 g/mol. The molecule has 2 atom stereocenters. The molecule has 158 valence electrons. The zero-order valence-corrected chi connectivity index (χ0v) is 20.2. The van der Waals surface area contributed by atoms with Gasteiger partial charge in [0.1, 0.15) is 5.78 Å². The van der Waals surface area contributed by atoms with E-state index in [2.05, 4.69) is 21.2 Å². The van der Waals surface area contributed by atoms with Crippen LogP contribution < -0.4 is 15.5 Å². The van der Waals surface area contributed by atoms with Crippen molar-refractivity contribution in [1.82, 2.24) is 0 Å². The van der Waals surface area contributed by atoms with E-state index in [0.29, 0.717) is 5.30 Å². The zero-order chi connectivity index (χ0) is 21.7. The van der Waals surface area contributed by atoms with E-state index in [1.54, 1.807) is 0 Å². The van der Waals surface area contributed by atoms with Crippen LogP contribution in [0.1, 0.15) is 25.2 Å². The van der Waals surface area contributed by atoms with Crippen molar-refractivity contribution in [2.45, 2.75) is 25.7 Å². The lowest BCUT2D eigenvalue weighted by atomic mass is 10.2. The molecule has 3 rings (SSSR count). The number of anilines is 2. The molecule has 3 aromatic carbocycles. The number of rotatable bonds is 8. The van der Waals surface area contributed by atoms with Gasteiger partial charge in [-0.1, -0.05) is 46.3 Å². The highest BCUT2D eigenvalue weighted by molar-refractivity contribution is 9.10. The monoisotopic (exact) mass is 486 g/mol. The molecule has 0 saturated carbocycles. The number of hydrogen-bond acceptors (Lipinski definition) is 4. The number of benzene rings is 3. The molecule has 0 aromatic heterocycles. The summed E-state index contributed by atoms with van der Waals surface area (Å²) in [6.45, 7) is 3.84. The van der Waals surface area contributed by atoms with Crippen molar-refractivity contribution in [3.8, 4) is 0 Å². The molecule has 0 bridgehead atoms. The number of nitrogens with one attached hydrogen (secondary N) is 1. The van der Waals surface area contributed by atoms with Crippen LogP contribution in [0, 0.1) is 0 Å². The molecule has 4 nitrogen and oxygen atoms in total. The maximum Gasteiger partial charge on any atom is 0.258 e. The van der Waals surface area contributed by atoms with Gasteiger partial charge in [0, 0.05) is 35.2 Å². The predicted molar refractivity (Wildman–Crippen MR) is 131 cm³/mol. The Morgan fingerprint density at radius 2 is 1.50 bits per heavy atom. The Kier molecular flexibility index (Phi) is 7.41. The molecule has 0 aliphatic heterocycles. The standard InChI is InChI=1S/C24H28BrN2O2P/c1-18(2)29-30(28,23-16-14-22(15-17-23)27(3)4)24(19-10-12-20(25)13-11-19)26-21-8-6-5-7-9-21/h5-18,24,26H,1-4H3/t24-,30+/m1/s1. The lowest BCUT2D eigenvalue weighted by molar-refractivity contribution is 0.245. The van der Waals surface area contributed by atoms with Gasteiger partial charge in [-0.25, -0.2) is 0 Å². The summed E-state index contributed by atoms with van der Waals surface area (Å²) in [5, 5.41) is 4.18. The van der Waals surface area contributed by atoms with E-state index in [-0.39, 0.29) is 6.10 Å². The molecule has 6 heteroatoms. The first kappa shape index (κ1) is 22.6. The molecule has 0 unspecified atom stereocenters. The van der Waals surface area contributed by atoms with Crippen LogP contribution in [0.5, 0.6) is 0 Å². The molecule has 1 N–H and O–H groups in total. The Balaban J connectivity index is 2.12. The average Bonchev–Trinajstić information content (AvgIpc) is 2.73. The Labute approximate surface area is 187 Å². The molecule has 0 spiro atoms. The van der Waals surface area contributed by atoms with Crippen molar-refractivity contribution in [2.24, 2.45) is 0 Å². The quantitative estimate of drug-likeness (QED) is 0.361. The second kappa shape index (κ2) is 9.82. The van der Waals surface area contributed by atoms with Crippen molar-refractivity contribution in [3.05, 3.63) is 88.9 Å². The zero-order valence-electron chi connectivity index (χ0n) is 17.7. The highest BCUT2D eigenvalue weighted by atomic mass is 79.9. The van der Waals surface area contributed by atoms with Crippen LogP contribution in [0.2, 0.25) is 0 Å². The van der Waals surface area contributed by atoms with Crippen molar-refractivity contribution in [3.63, 3.8) is 0 Å². The molecule has 0 heterocycles. The smallest absolute Gasteiger partial charge is 0.258 e. The minimum atomic E-state index is -3.34. The summed E-state index contributed by atoms with van der Waals surface area (Å²) in [6, 6.07) is 25.5. The Morgan fingerprint density at radius 1 is 0.900 bits per heavy atom. The van der Waals surface area contributed by atoms with Gasteiger partial charge in [-0.15, -0.1) is 0 Å². The number of hydrogen-bond donors (Lipinski definition) is 1. The minimum Gasteiger partial charge on any atom is -0.378 e. The second-order valence-corrected chi connectivity index (χ2v) is 11.0. The summed E-state index contributed by atoms with van der Waals surface area (Å²) >= 11 is 3.49. The van der Waals surface area contributed by atoms with Crippen LogP contribution >= 0.6 is 23.3 Å². The summed E-state index contributed by atoms with van der Waals surface area (Å²) in [6.07, 6.45) is -0.195. The van der Waals surface area contributed by atoms with Gasteiger partial charge in [-0.2, -0.15) is 0 Å². The Hall–Kier alpha value is -2.07. The predicted octanol–water partition coefficient (Wildman–Crippen LogP) is 6.65. The van der Waals surface area contributed by atoms with E-state index in [0.717, 1.165) is 21.4 Å². The van der Waals surface area contributed by atoms with E-state index in [1.165, 1.54) is 0 Å². The fourth-order valence-electron chi connectivity index (χ4n) is 3.24. The topological polar surface area (TPSA) is 41.6 Å². The maximum atomic E-state index is 14.6. The molecule has 0 amide bonds. The minimum absolute atomic E-state index is 0.195. The SMILES string of the molecule is CC(C)O[P@@](=O)(c1ccc(N(C)C)cc1)[C@@H](Nc1ccccc1)c1ccc(Br)cc1. The van der Waals surface area contributed by atoms with Gasteiger partial charge in [0.2, 0.25) is 0 Å². The Morgan fingerprint density at radius 3 is 2.03 bits per heavy atom. The number of nitrogens with zero attached hydrogens (tertiary/aromatic N) is 1. The van der Waals surface area contributed by atoms with Crippen molar-refractivity contribution in [1.29, 1.82) is 0 Å². The third-order valence-electron chi connectivity index (χ3n) is 4.70. The van der Waals surface area contributed by atoms with Crippen molar-refractivity contribution >= 4 is 40.0 Å². The molecule has 0 radical (unpaired) electrons. The van der Waals surface area contributed by atoms with Gasteiger partial charge >= 0.3 is 0 Å². The van der Waals surface area contributed by atoms with Crippen molar-refractivity contribution in [2.75, 3.05) is 24.3 Å². The molecule has 0 fully saturated rings. The van der Waals surface area contributed by atoms with E-state index in [4.69, 9.17) is 4.52 Å². The highest BCUT2D eigenvalue weighted by Gasteiger charge is 2.38. The van der Waals surface area contributed by atoms with Crippen molar-refractivity contribution < 1.29 is 9.09 Å². The van der Waals surface area contributed by atoms with Gasteiger partial charge in [-0.05, 0) is 67.9 Å². The summed E-state index contributed by atoms with van der Waals surface area (Å²) in [5.74, 6) is -0.527. The molecule has 0 saturated heterocycles. The fraction of sp³-hybridized carbons (Fsp3) is 0.250. The second-order valence-electron chi connectivity index (χ2n) is 7.63. The van der Waals surface area contributed by atoms with Crippen LogP contribution in [-0.2, 0) is 9.09 Å². The fourth-order valence-corrected chi connectivity index (χ4v) is 6.13. The molecule has 30 heavy (non-hydrogen) atoms. The summed E-state index contributed by atoms with van der Waals surface area (Å²) in [5.41, 5.74) is 2.84. The van der Waals surface area contributed by atoms with Crippen LogP contribution in [0.4, 0.5) is 11.4 Å². The van der Waals surface area contributed by atoms with Crippen LogP contribution in [-0.4, -0.2) is 20.2 Å². The van der Waals surface area contributed by atoms with Crippen LogP contribution in [0.25, 0.3) is 0 Å². The van der Waals surface area contributed by atoms with E-state index < -0.39 is 13.2 Å². The number of halogens is 1. The normalized spacial score (nSPS) is 14.2. The molecule has 3 aromatic rings. The maximum absolute atomic E-state index is 14.6. The third kappa shape index (κ3) is 5.34. The lowest BCUT2D eigenvalue weighted by Gasteiger charge is -2.31. The van der Waals surface area contributed by atoms with Gasteiger partial charge in [0.15, 0.2) is 0 Å². The van der Waals surface area contributed by atoms with Gasteiger partial charge in [-0.3, -0.25) is 4.57 Å². The highest BCUT2D eigenvalue weighted by Crippen LogP contribution is 2.59.